The first-order chi connectivity index (χ1) is 6.60. The van der Waals surface area contributed by atoms with Gasteiger partial charge in [-0.25, -0.2) is 4.79 Å². The summed E-state index contributed by atoms with van der Waals surface area (Å²) in [5, 5.41) is 18.8. The summed E-state index contributed by atoms with van der Waals surface area (Å²) in [5.41, 5.74) is 0.420. The predicted octanol–water partition coefficient (Wildman–Crippen LogP) is -0.395. The number of carbonyl (C=O) groups excluding carboxylic acids is 1. The van der Waals surface area contributed by atoms with Gasteiger partial charge in [0.15, 0.2) is 0 Å². The number of hydrogen-bond donors (Lipinski definition) is 2. The molecule has 14 heavy (non-hydrogen) atoms. The van der Waals surface area contributed by atoms with Crippen LogP contribution in [0, 0.1) is 12.3 Å². The summed E-state index contributed by atoms with van der Waals surface area (Å²) in [7, 11) is 1.23. The van der Waals surface area contributed by atoms with E-state index in [0.717, 1.165) is 0 Å². The molecule has 4 nitrogen and oxygen atoms in total. The predicted molar refractivity (Wildman–Crippen MR) is 49.1 cm³/mol. The quantitative estimate of drug-likeness (QED) is 0.442. The van der Waals surface area contributed by atoms with Gasteiger partial charge in [0.05, 0.1) is 24.9 Å². The zero-order valence-corrected chi connectivity index (χ0v) is 7.86. The van der Waals surface area contributed by atoms with Crippen LogP contribution in [0.3, 0.4) is 0 Å². The van der Waals surface area contributed by atoms with Gasteiger partial charge in [-0.3, -0.25) is 0 Å². The molecule has 2 atom stereocenters. The summed E-state index contributed by atoms with van der Waals surface area (Å²) in [5.74, 6) is 1.67. The molecule has 0 aliphatic heterocycles. The van der Waals surface area contributed by atoms with Crippen LogP contribution in [0.1, 0.15) is 12.8 Å². The normalized spacial score (nSPS) is 27.0. The van der Waals surface area contributed by atoms with Crippen molar-refractivity contribution in [3.05, 3.63) is 11.1 Å². The monoisotopic (exact) mass is 196 g/mol. The van der Waals surface area contributed by atoms with Gasteiger partial charge in [-0.2, -0.15) is 0 Å². The van der Waals surface area contributed by atoms with Gasteiger partial charge in [0.2, 0.25) is 0 Å². The fourth-order valence-electron chi connectivity index (χ4n) is 1.51. The Kier molecular flexibility index (Phi) is 3.28. The minimum Gasteiger partial charge on any atom is -0.466 e. The summed E-state index contributed by atoms with van der Waals surface area (Å²) >= 11 is 0. The molecule has 0 spiro atoms. The lowest BCUT2D eigenvalue weighted by atomic mass is 9.88. The van der Waals surface area contributed by atoms with Crippen LogP contribution in [0.25, 0.3) is 0 Å². The van der Waals surface area contributed by atoms with Crippen LogP contribution in [0.4, 0.5) is 0 Å². The van der Waals surface area contributed by atoms with E-state index in [1.807, 2.05) is 0 Å². The number of aliphatic hydroxyl groups is 2. The molecule has 0 saturated carbocycles. The third kappa shape index (κ3) is 1.95. The van der Waals surface area contributed by atoms with Crippen LogP contribution in [0.15, 0.2) is 11.1 Å². The molecule has 4 heteroatoms. The minimum atomic E-state index is -0.946. The van der Waals surface area contributed by atoms with Crippen LogP contribution in [0.2, 0.25) is 0 Å². The van der Waals surface area contributed by atoms with E-state index < -0.39 is 18.2 Å². The van der Waals surface area contributed by atoms with Gasteiger partial charge in [-0.05, 0) is 0 Å². The highest BCUT2D eigenvalue weighted by Crippen LogP contribution is 2.25. The number of terminal acetylenes is 1. The molecule has 0 heterocycles. The molecule has 1 aliphatic rings. The molecule has 0 fully saturated rings. The van der Waals surface area contributed by atoms with Crippen molar-refractivity contribution in [3.8, 4) is 12.3 Å². The summed E-state index contributed by atoms with van der Waals surface area (Å²) < 4.78 is 4.50. The second-order valence-corrected chi connectivity index (χ2v) is 3.14. The lowest BCUT2D eigenvalue weighted by molar-refractivity contribution is -0.137. The van der Waals surface area contributed by atoms with E-state index in [9.17, 15) is 15.0 Å². The largest absolute Gasteiger partial charge is 0.466 e. The Labute approximate surface area is 82.2 Å². The molecule has 76 valence electrons. The average molecular weight is 196 g/mol. The molecule has 2 unspecified atom stereocenters. The van der Waals surface area contributed by atoms with Gasteiger partial charge in [-0.15, -0.1) is 6.42 Å². The maximum Gasteiger partial charge on any atom is 0.334 e. The molecule has 0 amide bonds. The SMILES string of the molecule is C#CC1=C(C(=O)OC)CC(O)CC1O. The lowest BCUT2D eigenvalue weighted by Crippen LogP contribution is -2.29. The van der Waals surface area contributed by atoms with Crippen molar-refractivity contribution in [2.45, 2.75) is 25.0 Å². The van der Waals surface area contributed by atoms with E-state index in [2.05, 4.69) is 10.7 Å². The van der Waals surface area contributed by atoms with Crippen molar-refractivity contribution in [1.82, 2.24) is 0 Å². The van der Waals surface area contributed by atoms with Gasteiger partial charge in [0, 0.05) is 18.4 Å². The number of rotatable bonds is 1. The van der Waals surface area contributed by atoms with Gasteiger partial charge >= 0.3 is 5.97 Å². The molecule has 0 saturated heterocycles. The van der Waals surface area contributed by atoms with Crippen LogP contribution in [0.5, 0.6) is 0 Å². The summed E-state index contributed by atoms with van der Waals surface area (Å²) in [6.07, 6.45) is 3.79. The number of carbonyl (C=O) groups is 1. The fourth-order valence-corrected chi connectivity index (χ4v) is 1.51. The van der Waals surface area contributed by atoms with E-state index in [0.29, 0.717) is 0 Å². The standard InChI is InChI=1S/C10H12O4/c1-3-7-8(10(13)14-2)4-6(11)5-9(7)12/h1,6,9,11-12H,4-5H2,2H3. The Morgan fingerprint density at radius 2 is 2.29 bits per heavy atom. The fraction of sp³-hybridized carbons (Fsp3) is 0.500. The van der Waals surface area contributed by atoms with Gasteiger partial charge in [0.1, 0.15) is 0 Å². The van der Waals surface area contributed by atoms with Crippen molar-refractivity contribution in [1.29, 1.82) is 0 Å². The maximum absolute atomic E-state index is 11.2. The molecule has 0 aromatic rings. The Hall–Kier alpha value is -1.31. The number of ether oxygens (including phenoxy) is 1. The lowest BCUT2D eigenvalue weighted by Gasteiger charge is -2.24. The van der Waals surface area contributed by atoms with Crippen molar-refractivity contribution in [2.75, 3.05) is 7.11 Å². The topological polar surface area (TPSA) is 66.8 Å². The molecular weight excluding hydrogens is 184 g/mol. The number of hydrogen-bond acceptors (Lipinski definition) is 4. The number of esters is 1. The first-order valence-corrected chi connectivity index (χ1v) is 4.24. The van der Waals surface area contributed by atoms with Crippen LogP contribution < -0.4 is 0 Å². The first kappa shape index (κ1) is 10.8. The van der Waals surface area contributed by atoms with Crippen LogP contribution in [-0.2, 0) is 9.53 Å². The molecule has 2 N–H and O–H groups in total. The number of aliphatic hydroxyl groups excluding tert-OH is 2. The second-order valence-electron chi connectivity index (χ2n) is 3.14. The Bertz CT molecular complexity index is 311. The molecular formula is C10H12O4. The van der Waals surface area contributed by atoms with E-state index >= 15 is 0 Å². The Balaban J connectivity index is 3.06. The van der Waals surface area contributed by atoms with Gasteiger partial charge in [-0.1, -0.05) is 5.92 Å². The molecule has 0 radical (unpaired) electrons. The highest BCUT2D eigenvalue weighted by Gasteiger charge is 2.29. The summed E-state index contributed by atoms with van der Waals surface area (Å²) in [6.45, 7) is 0. The van der Waals surface area contributed by atoms with E-state index in [1.54, 1.807) is 0 Å². The molecule has 0 aromatic heterocycles. The third-order valence-electron chi connectivity index (χ3n) is 2.18. The maximum atomic E-state index is 11.2. The third-order valence-corrected chi connectivity index (χ3v) is 2.18. The van der Waals surface area contributed by atoms with Gasteiger partial charge < -0.3 is 14.9 Å². The van der Waals surface area contributed by atoms with Crippen LogP contribution >= 0.6 is 0 Å². The summed E-state index contributed by atoms with van der Waals surface area (Å²) in [4.78, 5) is 11.2. The van der Waals surface area contributed by atoms with Crippen molar-refractivity contribution in [3.63, 3.8) is 0 Å². The zero-order valence-electron chi connectivity index (χ0n) is 7.86. The average Bonchev–Trinajstić information content (AvgIpc) is 2.15. The Morgan fingerprint density at radius 3 is 2.79 bits per heavy atom. The zero-order chi connectivity index (χ0) is 10.7. The highest BCUT2D eigenvalue weighted by atomic mass is 16.5. The van der Waals surface area contributed by atoms with E-state index in [4.69, 9.17) is 6.42 Å². The summed E-state index contributed by atoms with van der Waals surface area (Å²) in [6, 6.07) is 0. The Morgan fingerprint density at radius 1 is 1.64 bits per heavy atom. The molecule has 0 bridgehead atoms. The highest BCUT2D eigenvalue weighted by molar-refractivity contribution is 5.90. The van der Waals surface area contributed by atoms with Crippen molar-refractivity contribution >= 4 is 5.97 Å². The van der Waals surface area contributed by atoms with E-state index in [-0.39, 0.29) is 24.0 Å². The molecule has 1 rings (SSSR count). The molecule has 1 aliphatic carbocycles. The van der Waals surface area contributed by atoms with Crippen molar-refractivity contribution < 1.29 is 19.7 Å². The first-order valence-electron chi connectivity index (χ1n) is 4.24. The number of methoxy groups -OCH3 is 1. The van der Waals surface area contributed by atoms with E-state index in [1.165, 1.54) is 7.11 Å². The van der Waals surface area contributed by atoms with Crippen LogP contribution in [-0.4, -0.2) is 35.5 Å². The minimum absolute atomic E-state index is 0.142. The second kappa shape index (κ2) is 4.27. The smallest absolute Gasteiger partial charge is 0.334 e. The molecule has 0 aromatic carbocycles. The van der Waals surface area contributed by atoms with Gasteiger partial charge in [0.25, 0.3) is 0 Å². The van der Waals surface area contributed by atoms with Crippen molar-refractivity contribution in [2.24, 2.45) is 0 Å².